The summed E-state index contributed by atoms with van der Waals surface area (Å²) in [4.78, 5) is 24.3. The topological polar surface area (TPSA) is 102 Å². The van der Waals surface area contributed by atoms with Crippen LogP contribution in [0.4, 0.5) is 5.69 Å². The van der Waals surface area contributed by atoms with Gasteiger partial charge in [0.1, 0.15) is 0 Å². The van der Waals surface area contributed by atoms with Crippen LogP contribution in [0.3, 0.4) is 0 Å². The van der Waals surface area contributed by atoms with Crippen molar-refractivity contribution in [1.82, 2.24) is 4.72 Å². The number of sulfonamides is 1. The van der Waals surface area contributed by atoms with E-state index in [4.69, 9.17) is 4.74 Å². The molecule has 0 aliphatic rings. The highest BCUT2D eigenvalue weighted by atomic mass is 32.2. The third kappa shape index (κ3) is 6.69. The van der Waals surface area contributed by atoms with Crippen LogP contribution in [0.5, 0.6) is 0 Å². The van der Waals surface area contributed by atoms with E-state index in [1.807, 2.05) is 32.0 Å². The van der Waals surface area contributed by atoms with Crippen molar-refractivity contribution in [3.8, 4) is 0 Å². The molecule has 0 radical (unpaired) electrons. The fourth-order valence-corrected chi connectivity index (χ4v) is 3.99. The molecule has 156 valence electrons. The fraction of sp³-hybridized carbons (Fsp3) is 0.333. The largest absolute Gasteiger partial charge is 0.452 e. The lowest BCUT2D eigenvalue weighted by Gasteiger charge is -2.20. The first kappa shape index (κ1) is 22.6. The minimum absolute atomic E-state index is 0.0429. The number of amides is 1. The molecule has 0 saturated carbocycles. The molecule has 29 heavy (non-hydrogen) atoms. The molecule has 0 aromatic heterocycles. The van der Waals surface area contributed by atoms with Gasteiger partial charge in [0.2, 0.25) is 10.0 Å². The average Bonchev–Trinajstić information content (AvgIpc) is 2.61. The Kier molecular flexibility index (Phi) is 6.81. The summed E-state index contributed by atoms with van der Waals surface area (Å²) in [5, 5.41) is 2.70. The number of anilines is 1. The van der Waals surface area contributed by atoms with E-state index >= 15 is 0 Å². The lowest BCUT2D eigenvalue weighted by Crippen LogP contribution is -2.40. The van der Waals surface area contributed by atoms with Gasteiger partial charge in [0.25, 0.3) is 5.91 Å². The van der Waals surface area contributed by atoms with Crippen molar-refractivity contribution in [2.45, 2.75) is 45.1 Å². The molecule has 0 saturated heterocycles. The van der Waals surface area contributed by atoms with Crippen molar-refractivity contribution >= 4 is 27.6 Å². The van der Waals surface area contributed by atoms with E-state index in [1.54, 1.807) is 20.8 Å². The fourth-order valence-electron chi connectivity index (χ4n) is 2.52. The molecule has 0 aliphatic carbocycles. The van der Waals surface area contributed by atoms with Crippen molar-refractivity contribution in [3.63, 3.8) is 0 Å². The number of carbonyl (C=O) groups is 2. The molecule has 1 amide bonds. The molecule has 2 aromatic rings. The van der Waals surface area contributed by atoms with Gasteiger partial charge >= 0.3 is 5.97 Å². The minimum atomic E-state index is -3.79. The molecular weight excluding hydrogens is 392 g/mol. The van der Waals surface area contributed by atoms with Gasteiger partial charge in [0.05, 0.1) is 10.5 Å². The molecule has 0 fully saturated rings. The van der Waals surface area contributed by atoms with Crippen molar-refractivity contribution in [1.29, 1.82) is 0 Å². The smallest absolute Gasteiger partial charge is 0.338 e. The molecule has 0 unspecified atom stereocenters. The Morgan fingerprint density at radius 2 is 1.72 bits per heavy atom. The van der Waals surface area contributed by atoms with Crippen LogP contribution in [-0.4, -0.2) is 32.4 Å². The number of hydrogen-bond donors (Lipinski definition) is 2. The molecular formula is C21H26N2O5S. The van der Waals surface area contributed by atoms with E-state index in [1.165, 1.54) is 24.3 Å². The zero-order chi connectivity index (χ0) is 21.8. The third-order valence-corrected chi connectivity index (χ3v) is 5.58. The van der Waals surface area contributed by atoms with E-state index in [0.29, 0.717) is 5.69 Å². The Balaban J connectivity index is 2.04. The predicted octanol–water partition coefficient (Wildman–Crippen LogP) is 3.18. The highest BCUT2D eigenvalue weighted by molar-refractivity contribution is 7.89. The van der Waals surface area contributed by atoms with Gasteiger partial charge in [-0.2, -0.15) is 0 Å². The molecule has 0 bridgehead atoms. The van der Waals surface area contributed by atoms with E-state index in [0.717, 1.165) is 11.1 Å². The Morgan fingerprint density at radius 1 is 1.03 bits per heavy atom. The second-order valence-corrected chi connectivity index (χ2v) is 9.51. The highest BCUT2D eigenvalue weighted by Crippen LogP contribution is 2.17. The second-order valence-electron chi connectivity index (χ2n) is 7.83. The number of carbonyl (C=O) groups excluding carboxylic acids is 2. The van der Waals surface area contributed by atoms with Gasteiger partial charge in [-0.1, -0.05) is 18.2 Å². The van der Waals surface area contributed by atoms with Crippen LogP contribution in [0.25, 0.3) is 0 Å². The predicted molar refractivity (Wildman–Crippen MR) is 111 cm³/mol. The third-order valence-electron chi connectivity index (χ3n) is 3.82. The molecule has 0 aliphatic heterocycles. The maximum absolute atomic E-state index is 12.4. The monoisotopic (exact) mass is 418 g/mol. The Morgan fingerprint density at radius 3 is 2.38 bits per heavy atom. The standard InChI is InChI=1S/C21H26N2O5S/c1-14-9-10-15(2)18(11-14)22-19(24)13-28-20(25)16-7-6-8-17(12-16)29(26,27)23-21(3,4)5/h6-12,23H,13H2,1-5H3,(H,22,24). The number of rotatable bonds is 6. The van der Waals surface area contributed by atoms with Crippen LogP contribution in [0.15, 0.2) is 47.4 Å². The van der Waals surface area contributed by atoms with E-state index < -0.39 is 34.0 Å². The molecule has 0 spiro atoms. The van der Waals surface area contributed by atoms with E-state index in [-0.39, 0.29) is 10.5 Å². The first-order valence-corrected chi connectivity index (χ1v) is 10.5. The number of esters is 1. The van der Waals surface area contributed by atoms with Gasteiger partial charge in [0.15, 0.2) is 6.61 Å². The van der Waals surface area contributed by atoms with Gasteiger partial charge in [-0.15, -0.1) is 0 Å². The van der Waals surface area contributed by atoms with Crippen LogP contribution in [0.1, 0.15) is 42.3 Å². The summed E-state index contributed by atoms with van der Waals surface area (Å²) in [6.45, 7) is 8.44. The lowest BCUT2D eigenvalue weighted by atomic mass is 10.1. The lowest BCUT2D eigenvalue weighted by molar-refractivity contribution is -0.119. The Labute approximate surface area is 171 Å². The summed E-state index contributed by atoms with van der Waals surface area (Å²) in [5.41, 5.74) is 1.90. The van der Waals surface area contributed by atoms with Crippen molar-refractivity contribution < 1.29 is 22.7 Å². The summed E-state index contributed by atoms with van der Waals surface area (Å²) in [6.07, 6.45) is 0. The van der Waals surface area contributed by atoms with Gasteiger partial charge < -0.3 is 10.1 Å². The summed E-state index contributed by atoms with van der Waals surface area (Å²) < 4.78 is 32.4. The van der Waals surface area contributed by atoms with Crippen LogP contribution in [0, 0.1) is 13.8 Å². The van der Waals surface area contributed by atoms with E-state index in [2.05, 4.69) is 10.0 Å². The molecule has 0 heterocycles. The van der Waals surface area contributed by atoms with E-state index in [9.17, 15) is 18.0 Å². The normalized spacial score (nSPS) is 11.8. The van der Waals surface area contributed by atoms with Crippen LogP contribution >= 0.6 is 0 Å². The number of hydrogen-bond acceptors (Lipinski definition) is 5. The molecule has 2 rings (SSSR count). The Hall–Kier alpha value is -2.71. The molecule has 2 aromatic carbocycles. The zero-order valence-corrected chi connectivity index (χ0v) is 18.0. The maximum Gasteiger partial charge on any atom is 0.338 e. The number of nitrogens with one attached hydrogen (secondary N) is 2. The van der Waals surface area contributed by atoms with Crippen molar-refractivity contribution in [2.75, 3.05) is 11.9 Å². The number of benzene rings is 2. The number of aryl methyl sites for hydroxylation is 2. The highest BCUT2D eigenvalue weighted by Gasteiger charge is 2.23. The summed E-state index contributed by atoms with van der Waals surface area (Å²) in [7, 11) is -3.79. The summed E-state index contributed by atoms with van der Waals surface area (Å²) in [6, 6.07) is 11.1. The van der Waals surface area contributed by atoms with Crippen molar-refractivity contribution in [2.24, 2.45) is 0 Å². The first-order chi connectivity index (χ1) is 13.4. The molecule has 0 atom stereocenters. The molecule has 2 N–H and O–H groups in total. The zero-order valence-electron chi connectivity index (χ0n) is 17.2. The first-order valence-electron chi connectivity index (χ1n) is 9.06. The maximum atomic E-state index is 12.4. The molecule has 8 heteroatoms. The minimum Gasteiger partial charge on any atom is -0.452 e. The van der Waals surface area contributed by atoms with Crippen molar-refractivity contribution in [3.05, 3.63) is 59.2 Å². The SMILES string of the molecule is Cc1ccc(C)c(NC(=O)COC(=O)c2cccc(S(=O)(=O)NC(C)(C)C)c2)c1. The Bertz CT molecular complexity index is 1020. The van der Waals surface area contributed by atoms with Gasteiger partial charge in [-0.25, -0.2) is 17.9 Å². The van der Waals surface area contributed by atoms with Gasteiger partial charge in [-0.05, 0) is 70.0 Å². The second kappa shape index (κ2) is 8.75. The summed E-state index contributed by atoms with van der Waals surface area (Å²) in [5.74, 6) is -1.26. The average molecular weight is 419 g/mol. The summed E-state index contributed by atoms with van der Waals surface area (Å²) >= 11 is 0. The molecule has 7 nitrogen and oxygen atoms in total. The van der Waals surface area contributed by atoms with Crippen LogP contribution in [-0.2, 0) is 19.6 Å². The van der Waals surface area contributed by atoms with Crippen LogP contribution < -0.4 is 10.0 Å². The van der Waals surface area contributed by atoms with Crippen LogP contribution in [0.2, 0.25) is 0 Å². The number of ether oxygens (including phenoxy) is 1. The van der Waals surface area contributed by atoms with Gasteiger partial charge in [0, 0.05) is 11.2 Å². The van der Waals surface area contributed by atoms with Gasteiger partial charge in [-0.3, -0.25) is 4.79 Å². The quantitative estimate of drug-likeness (QED) is 0.702.